The molecule has 0 aromatic heterocycles. The van der Waals surface area contributed by atoms with Crippen molar-refractivity contribution in [2.24, 2.45) is 0 Å². The lowest BCUT2D eigenvalue weighted by atomic mass is 10.1. The Balaban J connectivity index is 2.66. The molecular weight excluding hydrogens is 175 g/mol. The zero-order chi connectivity index (χ0) is 9.03. The Morgan fingerprint density at radius 3 is 2.42 bits per heavy atom. The second-order valence-electron chi connectivity index (χ2n) is 2.84. The smallest absolute Gasteiger partial charge is 0.312 e. The maximum Gasteiger partial charge on any atom is 0.333 e. The van der Waals surface area contributed by atoms with Crippen LogP contribution in [0.2, 0.25) is 0 Å². The molecule has 70 valence electrons. The lowest BCUT2D eigenvalue weighted by Gasteiger charge is -2.24. The molecule has 0 saturated carbocycles. The number of allylic oxidation sites excluding steroid dienone is 2. The largest absolute Gasteiger partial charge is 0.333 e. The average Bonchev–Trinajstić information content (AvgIpc) is 2.18. The van der Waals surface area contributed by atoms with Crippen LogP contribution in [-0.4, -0.2) is 19.9 Å². The van der Waals surface area contributed by atoms with Crippen LogP contribution < -0.4 is 0 Å². The van der Waals surface area contributed by atoms with Crippen LogP contribution >= 0.6 is 7.60 Å². The van der Waals surface area contributed by atoms with Gasteiger partial charge in [0, 0.05) is 14.2 Å². The second-order valence-corrected chi connectivity index (χ2v) is 5.38. The van der Waals surface area contributed by atoms with Gasteiger partial charge in [0.25, 0.3) is 0 Å². The lowest BCUT2D eigenvalue weighted by molar-refractivity contribution is 0.263. The molecule has 0 aliphatic heterocycles. The normalized spacial score (nSPS) is 24.3. The third-order valence-corrected chi connectivity index (χ3v) is 4.58. The van der Waals surface area contributed by atoms with Crippen molar-refractivity contribution in [1.82, 2.24) is 0 Å². The van der Waals surface area contributed by atoms with E-state index in [2.05, 4.69) is 6.08 Å². The van der Waals surface area contributed by atoms with Gasteiger partial charge in [0.2, 0.25) is 0 Å². The van der Waals surface area contributed by atoms with Gasteiger partial charge in [0.05, 0.1) is 5.66 Å². The average molecular weight is 190 g/mol. The minimum Gasteiger partial charge on any atom is -0.312 e. The standard InChI is InChI=1S/C8H15O3P/c1-10-12(9,11-2)8-6-4-3-5-7-8/h3-4,8H,5-7H2,1-2H3. The van der Waals surface area contributed by atoms with E-state index in [9.17, 15) is 4.57 Å². The van der Waals surface area contributed by atoms with E-state index in [-0.39, 0.29) is 5.66 Å². The van der Waals surface area contributed by atoms with E-state index in [1.807, 2.05) is 6.08 Å². The molecule has 1 unspecified atom stereocenters. The van der Waals surface area contributed by atoms with Gasteiger partial charge in [-0.15, -0.1) is 0 Å². The maximum atomic E-state index is 11.8. The van der Waals surface area contributed by atoms with Gasteiger partial charge in [-0.3, -0.25) is 4.57 Å². The zero-order valence-corrected chi connectivity index (χ0v) is 8.42. The van der Waals surface area contributed by atoms with E-state index in [4.69, 9.17) is 9.05 Å². The van der Waals surface area contributed by atoms with Gasteiger partial charge in [-0.1, -0.05) is 12.2 Å². The fourth-order valence-electron chi connectivity index (χ4n) is 1.44. The summed E-state index contributed by atoms with van der Waals surface area (Å²) in [6, 6.07) is 0. The Bertz CT molecular complexity index is 204. The Morgan fingerprint density at radius 1 is 1.33 bits per heavy atom. The second kappa shape index (κ2) is 4.22. The first-order valence-corrected chi connectivity index (χ1v) is 5.70. The molecule has 1 rings (SSSR count). The molecule has 3 nitrogen and oxygen atoms in total. The summed E-state index contributed by atoms with van der Waals surface area (Å²) in [7, 11) is 0.0862. The van der Waals surface area contributed by atoms with Crippen LogP contribution in [0, 0.1) is 0 Å². The van der Waals surface area contributed by atoms with E-state index in [0.29, 0.717) is 0 Å². The van der Waals surface area contributed by atoms with Crippen LogP contribution in [0.3, 0.4) is 0 Å². The maximum absolute atomic E-state index is 11.8. The van der Waals surface area contributed by atoms with Crippen LogP contribution in [0.15, 0.2) is 12.2 Å². The van der Waals surface area contributed by atoms with Gasteiger partial charge >= 0.3 is 7.60 Å². The van der Waals surface area contributed by atoms with Crippen molar-refractivity contribution >= 4 is 7.60 Å². The van der Waals surface area contributed by atoms with E-state index >= 15 is 0 Å². The predicted molar refractivity (Wildman–Crippen MR) is 48.4 cm³/mol. The molecule has 0 saturated heterocycles. The molecule has 1 aliphatic carbocycles. The van der Waals surface area contributed by atoms with E-state index in [0.717, 1.165) is 19.3 Å². The van der Waals surface area contributed by atoms with Gasteiger partial charge in [0.1, 0.15) is 0 Å². The fourth-order valence-corrected chi connectivity index (χ4v) is 3.03. The Hall–Kier alpha value is -0.110. The van der Waals surface area contributed by atoms with Crippen molar-refractivity contribution in [1.29, 1.82) is 0 Å². The summed E-state index contributed by atoms with van der Waals surface area (Å²) in [4.78, 5) is 0. The first kappa shape index (κ1) is 9.97. The summed E-state index contributed by atoms with van der Waals surface area (Å²) in [5.74, 6) is 0. The SMILES string of the molecule is COP(=O)(OC)C1CC=CCC1. The van der Waals surface area contributed by atoms with Crippen molar-refractivity contribution in [3.8, 4) is 0 Å². The highest BCUT2D eigenvalue weighted by Gasteiger charge is 2.33. The van der Waals surface area contributed by atoms with Gasteiger partial charge in [0.15, 0.2) is 0 Å². The summed E-state index contributed by atoms with van der Waals surface area (Å²) in [6.07, 6.45) is 6.82. The molecule has 0 aromatic rings. The molecule has 1 aliphatic rings. The van der Waals surface area contributed by atoms with E-state index in [1.54, 1.807) is 0 Å². The highest BCUT2D eigenvalue weighted by atomic mass is 31.2. The fraction of sp³-hybridized carbons (Fsp3) is 0.750. The van der Waals surface area contributed by atoms with Gasteiger partial charge < -0.3 is 9.05 Å². The lowest BCUT2D eigenvalue weighted by Crippen LogP contribution is -2.12. The molecule has 0 bridgehead atoms. The monoisotopic (exact) mass is 190 g/mol. The molecular formula is C8H15O3P. The number of hydrogen-bond acceptors (Lipinski definition) is 3. The summed E-state index contributed by atoms with van der Waals surface area (Å²) in [5, 5.41) is 0. The molecule has 0 heterocycles. The van der Waals surface area contributed by atoms with Gasteiger partial charge in [-0.2, -0.15) is 0 Å². The minimum absolute atomic E-state index is 0.0532. The van der Waals surface area contributed by atoms with Crippen molar-refractivity contribution in [2.75, 3.05) is 14.2 Å². The van der Waals surface area contributed by atoms with Gasteiger partial charge in [-0.05, 0) is 19.3 Å². The molecule has 4 heteroatoms. The minimum atomic E-state index is -2.81. The third kappa shape index (κ3) is 1.98. The number of rotatable bonds is 3. The summed E-state index contributed by atoms with van der Waals surface area (Å²) < 4.78 is 21.7. The third-order valence-electron chi connectivity index (χ3n) is 2.20. The zero-order valence-electron chi connectivity index (χ0n) is 7.53. The van der Waals surface area contributed by atoms with Crippen molar-refractivity contribution in [3.05, 3.63) is 12.2 Å². The molecule has 12 heavy (non-hydrogen) atoms. The predicted octanol–water partition coefficient (Wildman–Crippen LogP) is 2.58. The van der Waals surface area contributed by atoms with Crippen molar-refractivity contribution in [2.45, 2.75) is 24.9 Å². The molecule has 0 spiro atoms. The van der Waals surface area contributed by atoms with Crippen LogP contribution in [0.25, 0.3) is 0 Å². The van der Waals surface area contributed by atoms with Crippen molar-refractivity contribution in [3.63, 3.8) is 0 Å². The van der Waals surface area contributed by atoms with E-state index < -0.39 is 7.60 Å². The summed E-state index contributed by atoms with van der Waals surface area (Å²) in [5.41, 5.74) is 0.0532. The quantitative estimate of drug-likeness (QED) is 0.506. The van der Waals surface area contributed by atoms with Crippen LogP contribution in [0.5, 0.6) is 0 Å². The first-order chi connectivity index (χ1) is 5.73. The van der Waals surface area contributed by atoms with Gasteiger partial charge in [-0.25, -0.2) is 0 Å². The highest BCUT2D eigenvalue weighted by molar-refractivity contribution is 7.54. The first-order valence-electron chi connectivity index (χ1n) is 4.09. The Kier molecular flexibility index (Phi) is 3.51. The molecule has 0 amide bonds. The molecule has 0 radical (unpaired) electrons. The number of hydrogen-bond donors (Lipinski definition) is 0. The summed E-state index contributed by atoms with van der Waals surface area (Å²) >= 11 is 0. The van der Waals surface area contributed by atoms with Crippen LogP contribution in [0.1, 0.15) is 19.3 Å². The van der Waals surface area contributed by atoms with Crippen LogP contribution in [0.4, 0.5) is 0 Å². The highest BCUT2D eigenvalue weighted by Crippen LogP contribution is 2.55. The molecule has 0 N–H and O–H groups in total. The molecule has 0 aromatic carbocycles. The van der Waals surface area contributed by atoms with E-state index in [1.165, 1.54) is 14.2 Å². The van der Waals surface area contributed by atoms with Crippen LogP contribution in [-0.2, 0) is 13.6 Å². The Morgan fingerprint density at radius 2 is 2.00 bits per heavy atom. The summed E-state index contributed by atoms with van der Waals surface area (Å²) in [6.45, 7) is 0. The topological polar surface area (TPSA) is 35.5 Å². The molecule has 0 fully saturated rings. The molecule has 1 atom stereocenters. The van der Waals surface area contributed by atoms with Crippen molar-refractivity contribution < 1.29 is 13.6 Å². The Labute approximate surface area is 73.3 Å².